The van der Waals surface area contributed by atoms with Gasteiger partial charge in [0.1, 0.15) is 24.8 Å². The van der Waals surface area contributed by atoms with Crippen LogP contribution >= 0.6 is 23.2 Å². The Morgan fingerprint density at radius 1 is 1.18 bits per heavy atom. The van der Waals surface area contributed by atoms with Gasteiger partial charge in [-0.25, -0.2) is 4.99 Å². The maximum absolute atomic E-state index is 8.95. The van der Waals surface area contributed by atoms with Gasteiger partial charge in [-0.15, -0.1) is 0 Å². The Morgan fingerprint density at radius 2 is 1.95 bits per heavy atom. The summed E-state index contributed by atoms with van der Waals surface area (Å²) in [5.41, 5.74) is 7.08. The minimum Gasteiger partial charge on any atom is -0.491 e. The number of aliphatic hydroxyl groups excluding tert-OH is 1. The standard InChI is InChI=1S/C28H36Cl2N6O4/c1-21(34-9-2-14-37)35-10-12-36(13-11-35)23-4-6-24(7-5-23)38-16-25-17-39-28(40-25,18-32-20-33-19-31)26-8-3-22(29)15-27(26)30/h3-8,15,19-20,25,37H,2,9-14,16-18H2,1H3,(H2,31,32,33). The van der Waals surface area contributed by atoms with Crippen LogP contribution in [0.2, 0.25) is 10.0 Å². The van der Waals surface area contributed by atoms with Crippen LogP contribution in [-0.4, -0.2) is 93.7 Å². The second-order valence-electron chi connectivity index (χ2n) is 9.47. The summed E-state index contributed by atoms with van der Waals surface area (Å²) < 4.78 is 18.5. The van der Waals surface area contributed by atoms with Crippen molar-refractivity contribution in [3.8, 4) is 5.75 Å². The van der Waals surface area contributed by atoms with E-state index in [4.69, 9.17) is 48.3 Å². The van der Waals surface area contributed by atoms with E-state index in [2.05, 4.69) is 36.9 Å². The Bertz CT molecular complexity index is 1190. The fourth-order valence-corrected chi connectivity index (χ4v) is 5.20. The molecule has 2 saturated heterocycles. The van der Waals surface area contributed by atoms with Gasteiger partial charge in [0.05, 0.1) is 30.3 Å². The van der Waals surface area contributed by atoms with Crippen LogP contribution in [0.5, 0.6) is 5.75 Å². The van der Waals surface area contributed by atoms with Gasteiger partial charge in [-0.1, -0.05) is 29.3 Å². The maximum atomic E-state index is 8.95. The number of hydrogen-bond acceptors (Lipinski definition) is 7. The summed E-state index contributed by atoms with van der Waals surface area (Å²) in [4.78, 5) is 17.3. The van der Waals surface area contributed by atoms with Crippen molar-refractivity contribution in [3.63, 3.8) is 0 Å². The molecule has 3 N–H and O–H groups in total. The van der Waals surface area contributed by atoms with Crippen molar-refractivity contribution < 1.29 is 19.3 Å². The molecule has 4 rings (SSSR count). The smallest absolute Gasteiger partial charge is 0.217 e. The zero-order chi connectivity index (χ0) is 28.4. The first-order chi connectivity index (χ1) is 19.4. The number of piperazine rings is 1. The van der Waals surface area contributed by atoms with Gasteiger partial charge in [0.2, 0.25) is 5.79 Å². The van der Waals surface area contributed by atoms with Crippen LogP contribution in [0.3, 0.4) is 0 Å². The lowest BCUT2D eigenvalue weighted by Gasteiger charge is -2.37. The molecule has 0 saturated carbocycles. The molecule has 2 atom stereocenters. The van der Waals surface area contributed by atoms with E-state index in [0.717, 1.165) is 49.8 Å². The molecule has 216 valence electrons. The average molecular weight is 592 g/mol. The molecule has 0 aromatic heterocycles. The average Bonchev–Trinajstić information content (AvgIpc) is 3.38. The van der Waals surface area contributed by atoms with E-state index in [9.17, 15) is 0 Å². The molecule has 0 radical (unpaired) electrons. The number of aliphatic imine (C=N–C) groups is 3. The summed E-state index contributed by atoms with van der Waals surface area (Å²) in [6.45, 7) is 7.25. The van der Waals surface area contributed by atoms with Gasteiger partial charge in [0.25, 0.3) is 0 Å². The summed E-state index contributed by atoms with van der Waals surface area (Å²) in [6, 6.07) is 13.2. The van der Waals surface area contributed by atoms with Gasteiger partial charge in [-0.05, 0) is 49.7 Å². The Kier molecular flexibility index (Phi) is 11.0. The van der Waals surface area contributed by atoms with E-state index in [1.54, 1.807) is 18.2 Å². The lowest BCUT2D eigenvalue weighted by Crippen LogP contribution is -2.48. The zero-order valence-electron chi connectivity index (χ0n) is 22.6. The minimum absolute atomic E-state index is 0.137. The van der Waals surface area contributed by atoms with Crippen molar-refractivity contribution in [2.75, 3.05) is 64.0 Å². The quantitative estimate of drug-likeness (QED) is 0.233. The largest absolute Gasteiger partial charge is 0.491 e. The first-order valence-electron chi connectivity index (χ1n) is 13.3. The summed E-state index contributed by atoms with van der Waals surface area (Å²) >= 11 is 12.6. The Balaban J connectivity index is 1.31. The number of halogens is 2. The molecule has 40 heavy (non-hydrogen) atoms. The van der Waals surface area contributed by atoms with Crippen LogP contribution in [0.25, 0.3) is 0 Å². The van der Waals surface area contributed by atoms with Crippen LogP contribution in [0.1, 0.15) is 18.9 Å². The number of benzene rings is 2. The van der Waals surface area contributed by atoms with Crippen LogP contribution in [0, 0.1) is 0 Å². The number of aliphatic hydroxyl groups is 1. The van der Waals surface area contributed by atoms with Crippen molar-refractivity contribution in [1.82, 2.24) is 4.90 Å². The fraction of sp³-hybridized carbons (Fsp3) is 0.464. The van der Waals surface area contributed by atoms with Crippen LogP contribution in [-0.2, 0) is 15.3 Å². The molecule has 0 amide bonds. The maximum Gasteiger partial charge on any atom is 0.217 e. The zero-order valence-corrected chi connectivity index (χ0v) is 24.1. The van der Waals surface area contributed by atoms with Crippen molar-refractivity contribution in [1.29, 1.82) is 0 Å². The summed E-state index contributed by atoms with van der Waals surface area (Å²) in [7, 11) is 0. The van der Waals surface area contributed by atoms with Crippen molar-refractivity contribution in [3.05, 3.63) is 58.1 Å². The minimum atomic E-state index is -1.19. The van der Waals surface area contributed by atoms with Crippen LogP contribution < -0.4 is 15.4 Å². The van der Waals surface area contributed by atoms with E-state index in [1.807, 2.05) is 19.1 Å². The Hall–Kier alpha value is -2.89. The number of rotatable bonds is 11. The van der Waals surface area contributed by atoms with Crippen molar-refractivity contribution in [2.24, 2.45) is 20.7 Å². The monoisotopic (exact) mass is 590 g/mol. The van der Waals surface area contributed by atoms with Crippen molar-refractivity contribution in [2.45, 2.75) is 25.2 Å². The molecular formula is C28H36Cl2N6O4. The lowest BCUT2D eigenvalue weighted by atomic mass is 10.1. The Morgan fingerprint density at radius 3 is 2.65 bits per heavy atom. The van der Waals surface area contributed by atoms with Gasteiger partial charge < -0.3 is 34.9 Å². The third-order valence-electron chi connectivity index (χ3n) is 6.77. The van der Waals surface area contributed by atoms with E-state index < -0.39 is 5.79 Å². The topological polar surface area (TPSA) is 118 Å². The highest BCUT2D eigenvalue weighted by atomic mass is 35.5. The Labute approximate surface area is 245 Å². The van der Waals surface area contributed by atoms with Gasteiger partial charge in [-0.3, -0.25) is 9.98 Å². The number of hydrogen-bond donors (Lipinski definition) is 2. The number of amidine groups is 1. The molecule has 2 aliphatic heterocycles. The highest BCUT2D eigenvalue weighted by Crippen LogP contribution is 2.39. The molecule has 2 heterocycles. The molecule has 0 aliphatic carbocycles. The molecule has 0 bridgehead atoms. The number of anilines is 1. The van der Waals surface area contributed by atoms with Gasteiger partial charge in [0, 0.05) is 55.6 Å². The highest BCUT2D eigenvalue weighted by molar-refractivity contribution is 6.35. The third-order valence-corrected chi connectivity index (χ3v) is 7.31. The molecule has 2 aliphatic rings. The molecular weight excluding hydrogens is 555 g/mol. The number of ether oxygens (including phenoxy) is 3. The van der Waals surface area contributed by atoms with Gasteiger partial charge >= 0.3 is 0 Å². The second kappa shape index (κ2) is 14.7. The predicted molar refractivity (Wildman–Crippen MR) is 160 cm³/mol. The van der Waals surface area contributed by atoms with E-state index >= 15 is 0 Å². The molecule has 12 heteroatoms. The van der Waals surface area contributed by atoms with E-state index in [-0.39, 0.29) is 19.3 Å². The van der Waals surface area contributed by atoms with Crippen LogP contribution in [0.4, 0.5) is 5.69 Å². The fourth-order valence-electron chi connectivity index (χ4n) is 4.64. The lowest BCUT2D eigenvalue weighted by molar-refractivity contribution is -0.170. The molecule has 2 aromatic rings. The molecule has 10 nitrogen and oxygen atoms in total. The predicted octanol–water partition coefficient (Wildman–Crippen LogP) is 3.58. The third kappa shape index (κ3) is 7.86. The summed E-state index contributed by atoms with van der Waals surface area (Å²) in [6.07, 6.45) is 2.86. The van der Waals surface area contributed by atoms with E-state index in [1.165, 1.54) is 6.34 Å². The van der Waals surface area contributed by atoms with Crippen LogP contribution in [0.15, 0.2) is 57.4 Å². The van der Waals surface area contributed by atoms with Gasteiger partial charge in [-0.2, -0.15) is 0 Å². The number of nitrogens with two attached hydrogens (primary N) is 1. The van der Waals surface area contributed by atoms with Crippen molar-refractivity contribution >= 4 is 47.4 Å². The molecule has 2 aromatic carbocycles. The first kappa shape index (κ1) is 30.1. The first-order valence-corrected chi connectivity index (χ1v) is 14.0. The summed E-state index contributed by atoms with van der Waals surface area (Å²) in [5, 5.41) is 9.89. The van der Waals surface area contributed by atoms with E-state index in [0.29, 0.717) is 41.8 Å². The SMILES string of the molecule is CC(=NCCCO)N1CCN(c2ccc(OCC3COC(CN=CN=CN)(c4ccc(Cl)cc4Cl)O3)cc2)CC1. The highest BCUT2D eigenvalue weighted by Gasteiger charge is 2.45. The molecule has 2 fully saturated rings. The summed E-state index contributed by atoms with van der Waals surface area (Å²) in [5.74, 6) is 0.591. The second-order valence-corrected chi connectivity index (χ2v) is 10.3. The van der Waals surface area contributed by atoms with Gasteiger partial charge in [0.15, 0.2) is 0 Å². The normalized spacial score (nSPS) is 22.1. The molecule has 2 unspecified atom stereocenters. The number of nitrogens with zero attached hydrogens (tertiary/aromatic N) is 5. The molecule has 0 spiro atoms.